The number of nitrogens with one attached hydrogen (secondary N) is 2. The molecule has 25 heavy (non-hydrogen) atoms. The van der Waals surface area contributed by atoms with Crippen LogP contribution in [0.5, 0.6) is 0 Å². The van der Waals surface area contributed by atoms with Gasteiger partial charge in [0.15, 0.2) is 0 Å². The zero-order valence-corrected chi connectivity index (χ0v) is 14.6. The molecule has 3 heterocycles. The van der Waals surface area contributed by atoms with E-state index < -0.39 is 0 Å². The van der Waals surface area contributed by atoms with Crippen molar-refractivity contribution >= 4 is 11.8 Å². The number of H-pyrrole nitrogens is 1. The van der Waals surface area contributed by atoms with E-state index >= 15 is 0 Å². The van der Waals surface area contributed by atoms with E-state index in [1.54, 1.807) is 18.2 Å². The first kappa shape index (κ1) is 17.2. The molecule has 2 amide bonds. The molecule has 2 aromatic rings. The Bertz CT molecular complexity index is 781. The minimum Gasteiger partial charge on any atom is -0.383 e. The van der Waals surface area contributed by atoms with Gasteiger partial charge in [-0.25, -0.2) is 9.97 Å². The van der Waals surface area contributed by atoms with Crippen molar-refractivity contribution in [3.8, 4) is 0 Å². The van der Waals surface area contributed by atoms with E-state index in [4.69, 9.17) is 4.74 Å². The third-order valence-corrected chi connectivity index (χ3v) is 4.35. The van der Waals surface area contributed by atoms with Gasteiger partial charge in [0.25, 0.3) is 11.8 Å². The lowest BCUT2D eigenvalue weighted by molar-refractivity contribution is 0.0631. The molecule has 0 bridgehead atoms. The number of rotatable bonds is 5. The van der Waals surface area contributed by atoms with Crippen molar-refractivity contribution in [1.82, 2.24) is 29.7 Å². The van der Waals surface area contributed by atoms with Crippen molar-refractivity contribution < 1.29 is 14.3 Å². The number of aryl methyl sites for hydroxylation is 1. The third-order valence-electron chi connectivity index (χ3n) is 4.35. The van der Waals surface area contributed by atoms with Gasteiger partial charge in [-0.3, -0.25) is 9.59 Å². The summed E-state index contributed by atoms with van der Waals surface area (Å²) in [6.07, 6.45) is 3.25. The molecule has 1 aliphatic heterocycles. The van der Waals surface area contributed by atoms with Crippen LogP contribution in [0.2, 0.25) is 0 Å². The van der Waals surface area contributed by atoms with Crippen molar-refractivity contribution in [3.63, 3.8) is 0 Å². The lowest BCUT2D eigenvalue weighted by atomic mass is 10.2. The second-order valence-corrected chi connectivity index (χ2v) is 5.98. The number of nitrogens with zero attached hydrogens (tertiary/aromatic N) is 4. The molecule has 0 aromatic carbocycles. The normalized spacial score (nSPS) is 16.6. The molecule has 134 valence electrons. The van der Waals surface area contributed by atoms with Gasteiger partial charge in [0.1, 0.15) is 17.2 Å². The maximum atomic E-state index is 12.7. The molecule has 0 saturated heterocycles. The van der Waals surface area contributed by atoms with E-state index in [0.29, 0.717) is 43.5 Å². The van der Waals surface area contributed by atoms with E-state index in [2.05, 4.69) is 20.3 Å². The summed E-state index contributed by atoms with van der Waals surface area (Å²) < 4.78 is 6.85. The molecule has 3 rings (SSSR count). The van der Waals surface area contributed by atoms with Crippen molar-refractivity contribution in [1.29, 1.82) is 0 Å². The number of carbonyl (C=O) groups excluding carboxylic acids is 2. The molecule has 0 saturated carbocycles. The molecule has 0 aliphatic carbocycles. The average Bonchev–Trinajstić information content (AvgIpc) is 3.21. The minimum atomic E-state index is -0.243. The Kier molecular flexibility index (Phi) is 4.84. The smallest absolute Gasteiger partial charge is 0.274 e. The van der Waals surface area contributed by atoms with Gasteiger partial charge in [0.05, 0.1) is 19.0 Å². The summed E-state index contributed by atoms with van der Waals surface area (Å²) >= 11 is 0. The first-order valence-electron chi connectivity index (χ1n) is 8.18. The molecule has 2 N–H and O–H groups in total. The molecule has 1 atom stereocenters. The van der Waals surface area contributed by atoms with Gasteiger partial charge in [0.2, 0.25) is 0 Å². The maximum absolute atomic E-state index is 12.7. The summed E-state index contributed by atoms with van der Waals surface area (Å²) in [6.45, 7) is 5.73. The minimum absolute atomic E-state index is 0.133. The summed E-state index contributed by atoms with van der Waals surface area (Å²) in [4.78, 5) is 38.1. The van der Waals surface area contributed by atoms with Crippen LogP contribution in [0.3, 0.4) is 0 Å². The monoisotopic (exact) mass is 346 g/mol. The fraction of sp³-hybridized carbons (Fsp3) is 0.500. The lowest BCUT2D eigenvalue weighted by Crippen LogP contribution is -2.41. The third kappa shape index (κ3) is 3.27. The first-order chi connectivity index (χ1) is 12.0. The average molecular weight is 346 g/mol. The highest BCUT2D eigenvalue weighted by atomic mass is 16.5. The van der Waals surface area contributed by atoms with E-state index in [9.17, 15) is 9.59 Å². The van der Waals surface area contributed by atoms with Gasteiger partial charge in [0, 0.05) is 38.6 Å². The highest BCUT2D eigenvalue weighted by Crippen LogP contribution is 2.26. The maximum Gasteiger partial charge on any atom is 0.274 e. The quantitative estimate of drug-likeness (QED) is 0.768. The van der Waals surface area contributed by atoms with Crippen LogP contribution in [0.15, 0.2) is 12.5 Å². The van der Waals surface area contributed by atoms with Crippen LogP contribution in [0.25, 0.3) is 0 Å². The molecular formula is C16H22N6O3. The van der Waals surface area contributed by atoms with E-state index in [-0.39, 0.29) is 17.9 Å². The standard InChI is InChI=1S/C16H22N6O3/c1-10-13(19-9-18-10)16(24)22-6-5-21-8-12(20-14(21)11(22)2)15(23)17-4-7-25-3/h8-9,11H,4-7H2,1-3H3,(H,17,23)(H,18,19). The number of aromatic nitrogens is 4. The molecule has 9 heteroatoms. The summed E-state index contributed by atoms with van der Waals surface area (Å²) in [6, 6.07) is -0.238. The number of amides is 2. The Morgan fingerprint density at radius 3 is 2.92 bits per heavy atom. The van der Waals surface area contributed by atoms with Crippen LogP contribution in [-0.4, -0.2) is 63.0 Å². The Hall–Kier alpha value is -2.68. The summed E-state index contributed by atoms with van der Waals surface area (Å²) in [5.74, 6) is 0.323. The van der Waals surface area contributed by atoms with Gasteiger partial charge < -0.3 is 24.5 Å². The van der Waals surface area contributed by atoms with Crippen LogP contribution in [0, 0.1) is 6.92 Å². The van der Waals surface area contributed by atoms with Crippen LogP contribution in [-0.2, 0) is 11.3 Å². The van der Waals surface area contributed by atoms with Gasteiger partial charge in [-0.15, -0.1) is 0 Å². The number of fused-ring (bicyclic) bond motifs is 1. The Balaban J connectivity index is 1.76. The zero-order valence-electron chi connectivity index (χ0n) is 14.6. The first-order valence-corrected chi connectivity index (χ1v) is 8.18. The number of carbonyl (C=O) groups is 2. The van der Waals surface area contributed by atoms with Crippen molar-refractivity contribution in [2.75, 3.05) is 26.8 Å². The molecule has 2 aromatic heterocycles. The fourth-order valence-corrected chi connectivity index (χ4v) is 2.95. The Morgan fingerprint density at radius 2 is 2.24 bits per heavy atom. The Labute approximate surface area is 145 Å². The van der Waals surface area contributed by atoms with Crippen molar-refractivity contribution in [3.05, 3.63) is 35.4 Å². The molecule has 1 unspecified atom stereocenters. The molecule has 9 nitrogen and oxygen atoms in total. The van der Waals surface area contributed by atoms with Gasteiger partial charge in [-0.2, -0.15) is 0 Å². The fourth-order valence-electron chi connectivity index (χ4n) is 2.95. The zero-order chi connectivity index (χ0) is 18.0. The SMILES string of the molecule is COCCNC(=O)c1cn2c(n1)C(C)N(C(=O)c1nc[nH]c1C)CC2. The van der Waals surface area contributed by atoms with Crippen LogP contribution < -0.4 is 5.32 Å². The van der Waals surface area contributed by atoms with Gasteiger partial charge >= 0.3 is 0 Å². The highest BCUT2D eigenvalue weighted by Gasteiger charge is 2.32. The second kappa shape index (κ2) is 7.06. The molecule has 0 fully saturated rings. The molecule has 0 spiro atoms. The summed E-state index contributed by atoms with van der Waals surface area (Å²) in [5, 5.41) is 2.75. The number of aromatic amines is 1. The second-order valence-electron chi connectivity index (χ2n) is 5.98. The van der Waals surface area contributed by atoms with E-state index in [1.807, 2.05) is 18.4 Å². The molecular weight excluding hydrogens is 324 g/mol. The van der Waals surface area contributed by atoms with Crippen molar-refractivity contribution in [2.24, 2.45) is 0 Å². The van der Waals surface area contributed by atoms with Crippen molar-refractivity contribution in [2.45, 2.75) is 26.4 Å². The molecule has 0 radical (unpaired) electrons. The largest absolute Gasteiger partial charge is 0.383 e. The van der Waals surface area contributed by atoms with Gasteiger partial charge in [-0.05, 0) is 13.8 Å². The topological polar surface area (TPSA) is 105 Å². The van der Waals surface area contributed by atoms with Crippen LogP contribution in [0.4, 0.5) is 0 Å². The molecule has 1 aliphatic rings. The number of methoxy groups -OCH3 is 1. The van der Waals surface area contributed by atoms with Crippen LogP contribution >= 0.6 is 0 Å². The predicted molar refractivity (Wildman–Crippen MR) is 89.2 cm³/mol. The summed E-state index contributed by atoms with van der Waals surface area (Å²) in [7, 11) is 1.58. The number of hydrogen-bond acceptors (Lipinski definition) is 5. The lowest BCUT2D eigenvalue weighted by Gasteiger charge is -2.33. The predicted octanol–water partition coefficient (Wildman–Crippen LogP) is 0.508. The number of ether oxygens (including phenoxy) is 1. The number of hydrogen-bond donors (Lipinski definition) is 2. The van der Waals surface area contributed by atoms with Gasteiger partial charge in [-0.1, -0.05) is 0 Å². The number of imidazole rings is 2. The van der Waals surface area contributed by atoms with E-state index in [0.717, 1.165) is 5.69 Å². The van der Waals surface area contributed by atoms with Crippen LogP contribution in [0.1, 0.15) is 45.5 Å². The summed E-state index contributed by atoms with van der Waals surface area (Å²) in [5.41, 5.74) is 1.51. The van der Waals surface area contributed by atoms with E-state index in [1.165, 1.54) is 6.33 Å². The Morgan fingerprint density at radius 1 is 1.44 bits per heavy atom. The highest BCUT2D eigenvalue weighted by molar-refractivity contribution is 5.94.